The molecule has 0 aliphatic rings. The smallest absolute Gasteiger partial charge is 0.111 e. The van der Waals surface area contributed by atoms with E-state index >= 15 is 0 Å². The number of rotatable bonds is 5. The lowest BCUT2D eigenvalue weighted by Crippen LogP contribution is -2.20. The first kappa shape index (κ1) is 10.2. The molecule has 4 heteroatoms. The molecule has 0 spiro atoms. The zero-order valence-electron chi connectivity index (χ0n) is 8.10. The van der Waals surface area contributed by atoms with Crippen LogP contribution in [0, 0.1) is 0 Å². The Morgan fingerprint density at radius 1 is 1.69 bits per heavy atom. The van der Waals surface area contributed by atoms with E-state index in [9.17, 15) is 5.11 Å². The van der Waals surface area contributed by atoms with Crippen LogP contribution in [0.25, 0.3) is 0 Å². The second kappa shape index (κ2) is 4.99. The number of aromatic nitrogens is 2. The fourth-order valence-corrected chi connectivity index (χ4v) is 1.12. The Kier molecular flexibility index (Phi) is 3.92. The summed E-state index contributed by atoms with van der Waals surface area (Å²) in [6.45, 7) is 2.93. The lowest BCUT2D eigenvalue weighted by molar-refractivity contribution is 0.0416. The van der Waals surface area contributed by atoms with Crippen LogP contribution in [0.5, 0.6) is 0 Å². The molecule has 0 aliphatic carbocycles. The molecule has 0 aliphatic heterocycles. The van der Waals surface area contributed by atoms with Crippen LogP contribution < -0.4 is 0 Å². The Morgan fingerprint density at radius 3 is 3.00 bits per heavy atom. The summed E-state index contributed by atoms with van der Waals surface area (Å²) in [6, 6.07) is 0. The van der Waals surface area contributed by atoms with Crippen LogP contribution in [0.3, 0.4) is 0 Å². The minimum Gasteiger partial charge on any atom is -0.390 e. The summed E-state index contributed by atoms with van der Waals surface area (Å²) in [6.07, 6.45) is 3.68. The highest BCUT2D eigenvalue weighted by molar-refractivity contribution is 4.92. The number of nitrogens with zero attached hydrogens (tertiary/aromatic N) is 2. The monoisotopic (exact) mass is 184 g/mol. The van der Waals surface area contributed by atoms with Gasteiger partial charge in [-0.2, -0.15) is 0 Å². The molecular weight excluding hydrogens is 168 g/mol. The van der Waals surface area contributed by atoms with E-state index in [1.54, 1.807) is 6.20 Å². The van der Waals surface area contributed by atoms with Crippen molar-refractivity contribution in [3.63, 3.8) is 0 Å². The summed E-state index contributed by atoms with van der Waals surface area (Å²) >= 11 is 0. The third-order valence-corrected chi connectivity index (χ3v) is 1.85. The van der Waals surface area contributed by atoms with Crippen molar-refractivity contribution in [3.05, 3.63) is 18.2 Å². The van der Waals surface area contributed by atoms with Crippen molar-refractivity contribution in [2.75, 3.05) is 13.2 Å². The molecule has 1 atom stereocenters. The van der Waals surface area contributed by atoms with Crippen LogP contribution in [0.1, 0.15) is 12.7 Å². The lowest BCUT2D eigenvalue weighted by atomic mass is 10.2. The van der Waals surface area contributed by atoms with Crippen LogP contribution in [-0.4, -0.2) is 34.0 Å². The van der Waals surface area contributed by atoms with Gasteiger partial charge in [0.25, 0.3) is 0 Å². The molecule has 0 radical (unpaired) electrons. The fraction of sp³-hybridized carbons (Fsp3) is 0.667. The molecule has 0 saturated heterocycles. The molecule has 0 aromatic carbocycles. The summed E-state index contributed by atoms with van der Waals surface area (Å²) < 4.78 is 6.99. The SMILES string of the molecule is CCOCC(O)Cc1nccn1C. The van der Waals surface area contributed by atoms with E-state index in [-0.39, 0.29) is 0 Å². The summed E-state index contributed by atoms with van der Waals surface area (Å²) in [5.41, 5.74) is 0. The normalized spacial score (nSPS) is 13.2. The number of hydrogen-bond acceptors (Lipinski definition) is 3. The average molecular weight is 184 g/mol. The van der Waals surface area contributed by atoms with Gasteiger partial charge in [-0.3, -0.25) is 0 Å². The van der Waals surface area contributed by atoms with Gasteiger partial charge in [-0.25, -0.2) is 4.98 Å². The number of aryl methyl sites for hydroxylation is 1. The van der Waals surface area contributed by atoms with Gasteiger partial charge in [0.1, 0.15) is 5.82 Å². The maximum atomic E-state index is 9.50. The van der Waals surface area contributed by atoms with Crippen LogP contribution >= 0.6 is 0 Å². The lowest BCUT2D eigenvalue weighted by Gasteiger charge is -2.09. The molecule has 1 unspecified atom stereocenters. The molecule has 1 heterocycles. The maximum Gasteiger partial charge on any atom is 0.111 e. The van der Waals surface area contributed by atoms with E-state index in [0.29, 0.717) is 19.6 Å². The maximum absolute atomic E-state index is 9.50. The molecule has 1 rings (SSSR count). The van der Waals surface area contributed by atoms with Gasteiger partial charge in [-0.1, -0.05) is 0 Å². The zero-order chi connectivity index (χ0) is 9.68. The number of hydrogen-bond donors (Lipinski definition) is 1. The Morgan fingerprint density at radius 2 is 2.46 bits per heavy atom. The molecule has 0 saturated carbocycles. The molecule has 1 N–H and O–H groups in total. The summed E-state index contributed by atoms with van der Waals surface area (Å²) in [4.78, 5) is 4.11. The molecule has 0 bridgehead atoms. The molecule has 4 nitrogen and oxygen atoms in total. The molecular formula is C9H16N2O2. The third kappa shape index (κ3) is 3.16. The van der Waals surface area contributed by atoms with Gasteiger partial charge < -0.3 is 14.4 Å². The first-order valence-corrected chi connectivity index (χ1v) is 4.46. The largest absolute Gasteiger partial charge is 0.390 e. The Labute approximate surface area is 78.2 Å². The fourth-order valence-electron chi connectivity index (χ4n) is 1.12. The van der Waals surface area contributed by atoms with Crippen LogP contribution in [0.4, 0.5) is 0 Å². The van der Waals surface area contributed by atoms with Gasteiger partial charge in [-0.05, 0) is 6.92 Å². The summed E-state index contributed by atoms with van der Waals surface area (Å²) in [5.74, 6) is 0.882. The van der Waals surface area contributed by atoms with Crippen molar-refractivity contribution in [2.45, 2.75) is 19.4 Å². The van der Waals surface area contributed by atoms with Crippen molar-refractivity contribution in [1.29, 1.82) is 0 Å². The molecule has 13 heavy (non-hydrogen) atoms. The molecule has 0 fully saturated rings. The van der Waals surface area contributed by atoms with Crippen molar-refractivity contribution < 1.29 is 9.84 Å². The van der Waals surface area contributed by atoms with Crippen molar-refractivity contribution in [2.24, 2.45) is 7.05 Å². The standard InChI is InChI=1S/C9H16N2O2/c1-3-13-7-8(12)6-9-10-4-5-11(9)2/h4-5,8,12H,3,6-7H2,1-2H3. The van der Waals surface area contributed by atoms with Gasteiger partial charge in [0.05, 0.1) is 12.7 Å². The van der Waals surface area contributed by atoms with Gasteiger partial charge in [0.15, 0.2) is 0 Å². The minimum atomic E-state index is -0.457. The van der Waals surface area contributed by atoms with E-state index in [2.05, 4.69) is 4.98 Å². The quantitative estimate of drug-likeness (QED) is 0.718. The van der Waals surface area contributed by atoms with Crippen LogP contribution in [-0.2, 0) is 18.2 Å². The summed E-state index contributed by atoms with van der Waals surface area (Å²) in [7, 11) is 1.91. The highest BCUT2D eigenvalue weighted by Gasteiger charge is 2.08. The van der Waals surface area contributed by atoms with E-state index in [1.165, 1.54) is 0 Å². The van der Waals surface area contributed by atoms with Crippen molar-refractivity contribution in [1.82, 2.24) is 9.55 Å². The number of aliphatic hydroxyl groups is 1. The zero-order valence-corrected chi connectivity index (χ0v) is 8.10. The molecule has 74 valence electrons. The predicted octanol–water partition coefficient (Wildman–Crippen LogP) is 0.360. The van der Waals surface area contributed by atoms with E-state index < -0.39 is 6.10 Å². The first-order chi connectivity index (χ1) is 6.24. The second-order valence-electron chi connectivity index (χ2n) is 2.97. The number of imidazole rings is 1. The second-order valence-corrected chi connectivity index (χ2v) is 2.97. The molecule has 0 amide bonds. The van der Waals surface area contributed by atoms with E-state index in [4.69, 9.17) is 4.74 Å². The van der Waals surface area contributed by atoms with E-state index in [0.717, 1.165) is 5.82 Å². The minimum absolute atomic E-state index is 0.378. The Bertz CT molecular complexity index is 248. The highest BCUT2D eigenvalue weighted by atomic mass is 16.5. The molecule has 1 aromatic rings. The topological polar surface area (TPSA) is 47.3 Å². The van der Waals surface area contributed by atoms with Gasteiger partial charge in [0, 0.05) is 32.5 Å². The summed E-state index contributed by atoms with van der Waals surface area (Å²) in [5, 5.41) is 9.50. The first-order valence-electron chi connectivity index (χ1n) is 4.46. The van der Waals surface area contributed by atoms with Gasteiger partial charge in [-0.15, -0.1) is 0 Å². The molecule has 1 aromatic heterocycles. The average Bonchev–Trinajstić information content (AvgIpc) is 2.48. The highest BCUT2D eigenvalue weighted by Crippen LogP contribution is 2.00. The number of ether oxygens (including phenoxy) is 1. The Hall–Kier alpha value is -0.870. The third-order valence-electron chi connectivity index (χ3n) is 1.85. The van der Waals surface area contributed by atoms with E-state index in [1.807, 2.05) is 24.7 Å². The Balaban J connectivity index is 2.36. The predicted molar refractivity (Wildman–Crippen MR) is 49.4 cm³/mol. The van der Waals surface area contributed by atoms with Gasteiger partial charge >= 0.3 is 0 Å². The number of aliphatic hydroxyl groups excluding tert-OH is 1. The van der Waals surface area contributed by atoms with Crippen molar-refractivity contribution in [3.8, 4) is 0 Å². The van der Waals surface area contributed by atoms with Crippen molar-refractivity contribution >= 4 is 0 Å². The van der Waals surface area contributed by atoms with Crippen LogP contribution in [0.2, 0.25) is 0 Å². The van der Waals surface area contributed by atoms with Crippen LogP contribution in [0.15, 0.2) is 12.4 Å². The van der Waals surface area contributed by atoms with Gasteiger partial charge in [0.2, 0.25) is 0 Å².